The van der Waals surface area contributed by atoms with Crippen LogP contribution in [0.2, 0.25) is 5.02 Å². The van der Waals surface area contributed by atoms with Crippen LogP contribution >= 0.6 is 34.2 Å². The highest BCUT2D eigenvalue weighted by Gasteiger charge is 2.26. The van der Waals surface area contributed by atoms with Crippen molar-refractivity contribution in [1.82, 2.24) is 0 Å². The minimum atomic E-state index is -3.54. The van der Waals surface area contributed by atoms with Gasteiger partial charge in [0.25, 0.3) is 0 Å². The second-order valence-corrected chi connectivity index (χ2v) is 8.47. The van der Waals surface area contributed by atoms with E-state index in [9.17, 15) is 8.42 Å². The second-order valence-electron chi connectivity index (χ2n) is 4.87. The molecule has 0 bridgehead atoms. The van der Waals surface area contributed by atoms with Crippen LogP contribution in [-0.2, 0) is 16.3 Å². The molecule has 0 saturated carbocycles. The Balaban J connectivity index is 2.15. The predicted octanol–water partition coefficient (Wildman–Crippen LogP) is 4.71. The zero-order chi connectivity index (χ0) is 15.0. The largest absolute Gasteiger partial charge is 0.219 e. The zero-order valence-electron chi connectivity index (χ0n) is 11.0. The number of rotatable bonds is 2. The van der Waals surface area contributed by atoms with Gasteiger partial charge in [-0.15, -0.1) is 0 Å². The van der Waals surface area contributed by atoms with Gasteiger partial charge < -0.3 is 0 Å². The second kappa shape index (κ2) is 5.74. The van der Waals surface area contributed by atoms with Gasteiger partial charge in [0.05, 0.1) is 9.80 Å². The number of aryl methyl sites for hydroxylation is 1. The highest BCUT2D eigenvalue weighted by molar-refractivity contribution is 14.1. The van der Waals surface area contributed by atoms with Crippen molar-refractivity contribution < 1.29 is 8.42 Å². The van der Waals surface area contributed by atoms with Crippen LogP contribution in [0.15, 0.2) is 53.4 Å². The van der Waals surface area contributed by atoms with Gasteiger partial charge in [-0.2, -0.15) is 0 Å². The van der Waals surface area contributed by atoms with E-state index in [1.54, 1.807) is 18.2 Å². The van der Waals surface area contributed by atoms with Gasteiger partial charge in [-0.05, 0) is 76.9 Å². The monoisotopic (exact) mass is 430 g/mol. The Morgan fingerprint density at radius 3 is 2.67 bits per heavy atom. The summed E-state index contributed by atoms with van der Waals surface area (Å²) in [5.41, 5.74) is 1.90. The SMILES string of the molecule is O=S(=O)(C1=CCCc2cc(I)ccc21)c1cccc(Cl)c1. The highest BCUT2D eigenvalue weighted by Crippen LogP contribution is 2.35. The Morgan fingerprint density at radius 2 is 1.90 bits per heavy atom. The third kappa shape index (κ3) is 2.89. The van der Waals surface area contributed by atoms with E-state index >= 15 is 0 Å². The molecule has 3 rings (SSSR count). The Morgan fingerprint density at radius 1 is 1.10 bits per heavy atom. The zero-order valence-corrected chi connectivity index (χ0v) is 14.7. The summed E-state index contributed by atoms with van der Waals surface area (Å²) in [5.74, 6) is 0. The average Bonchev–Trinajstić information content (AvgIpc) is 2.46. The van der Waals surface area contributed by atoms with E-state index in [0.717, 1.165) is 27.5 Å². The molecule has 1 aliphatic rings. The summed E-state index contributed by atoms with van der Waals surface area (Å²) in [6, 6.07) is 12.3. The predicted molar refractivity (Wildman–Crippen MR) is 94.1 cm³/mol. The average molecular weight is 431 g/mol. The Hall–Kier alpha value is -0.850. The number of halogens is 2. The van der Waals surface area contributed by atoms with Crippen molar-refractivity contribution in [3.63, 3.8) is 0 Å². The van der Waals surface area contributed by atoms with Crippen molar-refractivity contribution in [2.45, 2.75) is 17.7 Å². The summed E-state index contributed by atoms with van der Waals surface area (Å²) in [6.07, 6.45) is 3.42. The molecule has 0 spiro atoms. The van der Waals surface area contributed by atoms with E-state index in [-0.39, 0.29) is 4.90 Å². The molecule has 0 unspecified atom stereocenters. The molecule has 0 atom stereocenters. The highest BCUT2D eigenvalue weighted by atomic mass is 127. The van der Waals surface area contributed by atoms with Crippen molar-refractivity contribution in [2.24, 2.45) is 0 Å². The Bertz CT molecular complexity index is 841. The fourth-order valence-electron chi connectivity index (χ4n) is 2.49. The summed E-state index contributed by atoms with van der Waals surface area (Å²) in [4.78, 5) is 0.634. The summed E-state index contributed by atoms with van der Waals surface area (Å²) in [6.45, 7) is 0. The molecular formula is C16H12ClIO2S. The number of allylic oxidation sites excluding steroid dienone is 1. The molecule has 0 aromatic heterocycles. The fraction of sp³-hybridized carbons (Fsp3) is 0.125. The minimum Gasteiger partial charge on any atom is -0.219 e. The van der Waals surface area contributed by atoms with Gasteiger partial charge in [0.1, 0.15) is 0 Å². The smallest absolute Gasteiger partial charge is 0.206 e. The lowest BCUT2D eigenvalue weighted by Gasteiger charge is -2.18. The van der Waals surface area contributed by atoms with E-state index in [0.29, 0.717) is 9.93 Å². The van der Waals surface area contributed by atoms with Crippen LogP contribution in [0, 0.1) is 3.57 Å². The lowest BCUT2D eigenvalue weighted by molar-refractivity contribution is 0.605. The number of hydrogen-bond donors (Lipinski definition) is 0. The molecule has 5 heteroatoms. The van der Waals surface area contributed by atoms with Gasteiger partial charge >= 0.3 is 0 Å². The minimum absolute atomic E-state index is 0.243. The molecule has 0 amide bonds. The summed E-state index contributed by atoms with van der Waals surface area (Å²) < 4.78 is 26.8. The molecule has 0 saturated heterocycles. The molecule has 0 radical (unpaired) electrons. The van der Waals surface area contributed by atoms with Crippen LogP contribution in [0.1, 0.15) is 17.5 Å². The summed E-state index contributed by atoms with van der Waals surface area (Å²) in [5, 5.41) is 0.426. The number of benzene rings is 2. The molecule has 2 aromatic carbocycles. The van der Waals surface area contributed by atoms with Crippen molar-refractivity contribution in [3.8, 4) is 0 Å². The lowest BCUT2D eigenvalue weighted by Crippen LogP contribution is -2.10. The topological polar surface area (TPSA) is 34.1 Å². The number of sulfone groups is 1. The maximum atomic E-state index is 12.9. The Kier molecular flexibility index (Phi) is 4.12. The molecule has 0 N–H and O–H groups in total. The molecule has 2 nitrogen and oxygen atoms in total. The van der Waals surface area contributed by atoms with Gasteiger partial charge in [0.2, 0.25) is 9.84 Å². The molecule has 1 aliphatic carbocycles. The van der Waals surface area contributed by atoms with Gasteiger partial charge in [0, 0.05) is 8.59 Å². The maximum absolute atomic E-state index is 12.9. The van der Waals surface area contributed by atoms with Gasteiger partial charge in [-0.3, -0.25) is 0 Å². The number of fused-ring (bicyclic) bond motifs is 1. The van der Waals surface area contributed by atoms with Crippen LogP contribution in [0.25, 0.3) is 4.91 Å². The van der Waals surface area contributed by atoms with Gasteiger partial charge in [0.15, 0.2) is 0 Å². The molecule has 0 heterocycles. The van der Waals surface area contributed by atoms with Crippen LogP contribution in [0.5, 0.6) is 0 Å². The quantitative estimate of drug-likeness (QED) is 0.647. The lowest BCUT2D eigenvalue weighted by atomic mass is 9.97. The van der Waals surface area contributed by atoms with Gasteiger partial charge in [-0.25, -0.2) is 8.42 Å². The first-order valence-electron chi connectivity index (χ1n) is 6.48. The Labute approximate surface area is 142 Å². The normalized spacial score (nSPS) is 14.5. The first kappa shape index (κ1) is 15.1. The van der Waals surface area contributed by atoms with E-state index in [4.69, 9.17) is 11.6 Å². The van der Waals surface area contributed by atoms with Crippen molar-refractivity contribution in [1.29, 1.82) is 0 Å². The fourth-order valence-corrected chi connectivity index (χ4v) is 4.92. The van der Waals surface area contributed by atoms with E-state index < -0.39 is 9.84 Å². The van der Waals surface area contributed by atoms with Crippen LogP contribution in [0.4, 0.5) is 0 Å². The third-order valence-corrected chi connectivity index (χ3v) is 6.22. The van der Waals surface area contributed by atoms with Crippen LogP contribution in [-0.4, -0.2) is 8.42 Å². The van der Waals surface area contributed by atoms with E-state index in [1.165, 1.54) is 6.07 Å². The van der Waals surface area contributed by atoms with Crippen molar-refractivity contribution in [3.05, 3.63) is 68.3 Å². The standard InChI is InChI=1S/C16H12ClIO2S/c17-12-4-2-5-14(10-12)21(19,20)16-6-1-3-11-9-13(18)7-8-15(11)16/h2,4-10H,1,3H2. The molecule has 0 fully saturated rings. The van der Waals surface area contributed by atoms with Crippen LogP contribution in [0.3, 0.4) is 0 Å². The van der Waals surface area contributed by atoms with E-state index in [2.05, 4.69) is 28.7 Å². The molecular weight excluding hydrogens is 419 g/mol. The number of hydrogen-bond acceptors (Lipinski definition) is 2. The first-order valence-corrected chi connectivity index (χ1v) is 9.42. The van der Waals surface area contributed by atoms with Crippen molar-refractivity contribution in [2.75, 3.05) is 0 Å². The summed E-state index contributed by atoms with van der Waals surface area (Å²) >= 11 is 8.17. The van der Waals surface area contributed by atoms with Crippen LogP contribution < -0.4 is 0 Å². The molecule has 2 aromatic rings. The third-order valence-electron chi connectivity index (χ3n) is 3.47. The van der Waals surface area contributed by atoms with Gasteiger partial charge in [-0.1, -0.05) is 29.8 Å². The first-order chi connectivity index (χ1) is 9.98. The van der Waals surface area contributed by atoms with Crippen molar-refractivity contribution >= 4 is 48.9 Å². The molecule has 21 heavy (non-hydrogen) atoms. The summed E-state index contributed by atoms with van der Waals surface area (Å²) in [7, 11) is -3.54. The van der Waals surface area contributed by atoms with E-state index in [1.807, 2.05) is 18.2 Å². The molecule has 108 valence electrons. The maximum Gasteiger partial charge on any atom is 0.206 e. The molecule has 0 aliphatic heterocycles.